The molecule has 23 heavy (non-hydrogen) atoms. The maximum atomic E-state index is 13.3. The van der Waals surface area contributed by atoms with E-state index < -0.39 is 36.4 Å². The number of aliphatic carboxylic acids is 1. The van der Waals surface area contributed by atoms with Crippen LogP contribution in [-0.4, -0.2) is 49.7 Å². The number of amides is 1. The van der Waals surface area contributed by atoms with Crippen LogP contribution in [0.4, 0.5) is 13.2 Å². The Hall–Kier alpha value is -2.06. The Balaban J connectivity index is 2.23. The van der Waals surface area contributed by atoms with Gasteiger partial charge in [-0.25, -0.2) is 9.78 Å². The molecule has 2 rings (SSSR count). The summed E-state index contributed by atoms with van der Waals surface area (Å²) in [7, 11) is 1.42. The van der Waals surface area contributed by atoms with E-state index in [1.54, 1.807) is 0 Å². The van der Waals surface area contributed by atoms with Gasteiger partial charge >= 0.3 is 12.1 Å². The fourth-order valence-corrected chi connectivity index (χ4v) is 2.55. The number of halogens is 3. The zero-order chi connectivity index (χ0) is 17.4. The zero-order valence-electron chi connectivity index (χ0n) is 12.7. The van der Waals surface area contributed by atoms with Gasteiger partial charge in [0.25, 0.3) is 0 Å². The molecule has 1 aliphatic rings. The van der Waals surface area contributed by atoms with Gasteiger partial charge in [0.2, 0.25) is 5.91 Å². The Morgan fingerprint density at radius 3 is 2.48 bits per heavy atom. The van der Waals surface area contributed by atoms with E-state index in [1.165, 1.54) is 30.9 Å². The third-order valence-corrected chi connectivity index (χ3v) is 3.95. The number of alkyl halides is 3. The number of aryl methyl sites for hydroxylation is 1. The molecule has 0 radical (unpaired) electrons. The first-order valence-corrected chi connectivity index (χ1v) is 7.20. The quantitative estimate of drug-likeness (QED) is 0.863. The van der Waals surface area contributed by atoms with E-state index in [0.717, 1.165) is 4.90 Å². The van der Waals surface area contributed by atoms with Crippen molar-refractivity contribution >= 4 is 11.9 Å². The largest absolute Gasteiger partial charge is 0.480 e. The van der Waals surface area contributed by atoms with Gasteiger partial charge in [-0.2, -0.15) is 13.2 Å². The molecule has 1 N–H and O–H groups in total. The van der Waals surface area contributed by atoms with Crippen molar-refractivity contribution in [3.05, 3.63) is 18.2 Å². The fourth-order valence-electron chi connectivity index (χ4n) is 2.55. The Morgan fingerprint density at radius 1 is 1.48 bits per heavy atom. The van der Waals surface area contributed by atoms with Crippen molar-refractivity contribution in [1.29, 1.82) is 0 Å². The van der Waals surface area contributed by atoms with Gasteiger partial charge in [-0.15, -0.1) is 0 Å². The Labute approximate surface area is 130 Å². The number of imidazole rings is 1. The first kappa shape index (κ1) is 17.3. The third kappa shape index (κ3) is 3.83. The molecule has 0 unspecified atom stereocenters. The lowest BCUT2D eigenvalue weighted by Crippen LogP contribution is -2.46. The van der Waals surface area contributed by atoms with Crippen LogP contribution in [0.1, 0.15) is 37.9 Å². The van der Waals surface area contributed by atoms with Crippen LogP contribution >= 0.6 is 0 Å². The van der Waals surface area contributed by atoms with Crippen LogP contribution in [0.3, 0.4) is 0 Å². The topological polar surface area (TPSA) is 75.4 Å². The number of hydrogen-bond acceptors (Lipinski definition) is 3. The second-order valence-corrected chi connectivity index (χ2v) is 5.74. The van der Waals surface area contributed by atoms with Crippen molar-refractivity contribution in [1.82, 2.24) is 14.5 Å². The number of aromatic nitrogens is 2. The second kappa shape index (κ2) is 6.21. The molecule has 128 valence electrons. The molecule has 1 aliphatic carbocycles. The Morgan fingerprint density at radius 2 is 2.09 bits per heavy atom. The van der Waals surface area contributed by atoms with Crippen LogP contribution in [0.5, 0.6) is 0 Å². The zero-order valence-corrected chi connectivity index (χ0v) is 12.7. The molecule has 2 atom stereocenters. The van der Waals surface area contributed by atoms with E-state index >= 15 is 0 Å². The van der Waals surface area contributed by atoms with Crippen molar-refractivity contribution < 1.29 is 27.9 Å². The average Bonchev–Trinajstić information content (AvgIpc) is 3.17. The molecule has 0 aliphatic heterocycles. The number of carbonyl (C=O) groups is 2. The molecule has 6 nitrogen and oxygen atoms in total. The SMILES string of the molecule is C[C@H](C(=O)O)N(C(=O)C[C@@H](c1nccn1C)C(F)(F)F)C1CC1. The smallest absolute Gasteiger partial charge is 0.399 e. The first-order valence-electron chi connectivity index (χ1n) is 7.20. The lowest BCUT2D eigenvalue weighted by Gasteiger charge is -2.29. The average molecular weight is 333 g/mol. The minimum absolute atomic E-state index is 0.260. The van der Waals surface area contributed by atoms with Crippen LogP contribution in [0, 0.1) is 0 Å². The first-order chi connectivity index (χ1) is 10.6. The minimum Gasteiger partial charge on any atom is -0.480 e. The highest BCUT2D eigenvalue weighted by Gasteiger charge is 2.47. The number of carbonyl (C=O) groups excluding carboxylic acids is 1. The lowest BCUT2D eigenvalue weighted by atomic mass is 10.0. The maximum absolute atomic E-state index is 13.3. The molecule has 9 heteroatoms. The van der Waals surface area contributed by atoms with Crippen molar-refractivity contribution in [2.45, 2.75) is 50.4 Å². The van der Waals surface area contributed by atoms with Gasteiger partial charge in [0.1, 0.15) is 17.8 Å². The van der Waals surface area contributed by atoms with Crippen molar-refractivity contribution in [3.63, 3.8) is 0 Å². The third-order valence-electron chi connectivity index (χ3n) is 3.95. The molecule has 1 saturated carbocycles. The molecule has 0 bridgehead atoms. The predicted molar refractivity (Wildman–Crippen MR) is 73.6 cm³/mol. The van der Waals surface area contributed by atoms with Gasteiger partial charge in [0.05, 0.1) is 0 Å². The second-order valence-electron chi connectivity index (χ2n) is 5.74. The van der Waals surface area contributed by atoms with Crippen LogP contribution in [0.25, 0.3) is 0 Å². The number of nitrogens with zero attached hydrogens (tertiary/aromatic N) is 3. The fraction of sp³-hybridized carbons (Fsp3) is 0.643. The van der Waals surface area contributed by atoms with Crippen LogP contribution in [0.15, 0.2) is 12.4 Å². The molecule has 0 spiro atoms. The van der Waals surface area contributed by atoms with Crippen molar-refractivity contribution in [2.24, 2.45) is 7.05 Å². The number of carboxylic acids is 1. The van der Waals surface area contributed by atoms with Crippen molar-refractivity contribution in [3.8, 4) is 0 Å². The van der Waals surface area contributed by atoms with Gasteiger partial charge in [-0.05, 0) is 19.8 Å². The Kier molecular flexibility index (Phi) is 4.67. The van der Waals surface area contributed by atoms with Crippen LogP contribution in [-0.2, 0) is 16.6 Å². The van der Waals surface area contributed by atoms with Gasteiger partial charge < -0.3 is 14.6 Å². The normalized spacial score (nSPS) is 17.6. The van der Waals surface area contributed by atoms with E-state index in [9.17, 15) is 22.8 Å². The van der Waals surface area contributed by atoms with E-state index in [-0.39, 0.29) is 11.9 Å². The summed E-state index contributed by atoms with van der Waals surface area (Å²) in [6.07, 6.45) is -1.65. The molecular weight excluding hydrogens is 315 g/mol. The molecule has 1 amide bonds. The van der Waals surface area contributed by atoms with Crippen LogP contribution in [0.2, 0.25) is 0 Å². The highest BCUT2D eigenvalue weighted by molar-refractivity contribution is 5.84. The summed E-state index contributed by atoms with van der Waals surface area (Å²) in [5, 5.41) is 9.07. The number of carboxylic acid groups (broad SMARTS) is 1. The van der Waals surface area contributed by atoms with E-state index in [1.807, 2.05) is 0 Å². The van der Waals surface area contributed by atoms with Crippen LogP contribution < -0.4 is 0 Å². The van der Waals surface area contributed by atoms with Crippen molar-refractivity contribution in [2.75, 3.05) is 0 Å². The molecule has 0 saturated heterocycles. The van der Waals surface area contributed by atoms with Gasteiger partial charge in [-0.1, -0.05) is 0 Å². The summed E-state index contributed by atoms with van der Waals surface area (Å²) in [4.78, 5) is 28.2. The summed E-state index contributed by atoms with van der Waals surface area (Å²) in [5.74, 6) is -4.36. The van der Waals surface area contributed by atoms with Gasteiger partial charge in [0.15, 0.2) is 0 Å². The summed E-state index contributed by atoms with van der Waals surface area (Å²) in [6, 6.07) is -1.44. The molecule has 1 fully saturated rings. The molecule has 0 aromatic carbocycles. The summed E-state index contributed by atoms with van der Waals surface area (Å²) >= 11 is 0. The van der Waals surface area contributed by atoms with E-state index in [0.29, 0.717) is 12.8 Å². The number of hydrogen-bond donors (Lipinski definition) is 1. The Bertz CT molecular complexity index is 596. The minimum atomic E-state index is -4.64. The molecule has 1 aromatic heterocycles. The standard InChI is InChI=1S/C14H18F3N3O3/c1-8(13(22)23)20(9-3-4-9)11(21)7-10(14(15,16)17)12-18-5-6-19(12)2/h5-6,8-10H,3-4,7H2,1-2H3,(H,22,23)/t8-,10+/m1/s1. The van der Waals surface area contributed by atoms with Gasteiger partial charge in [-0.3, -0.25) is 4.79 Å². The molecular formula is C14H18F3N3O3. The molecule has 1 aromatic rings. The number of rotatable bonds is 6. The lowest BCUT2D eigenvalue weighted by molar-refractivity contribution is -0.165. The summed E-state index contributed by atoms with van der Waals surface area (Å²) in [5.41, 5.74) is 0. The summed E-state index contributed by atoms with van der Waals surface area (Å²) < 4.78 is 41.2. The van der Waals surface area contributed by atoms with E-state index in [2.05, 4.69) is 4.98 Å². The highest BCUT2D eigenvalue weighted by Crippen LogP contribution is 2.38. The predicted octanol–water partition coefficient (Wildman–Crippen LogP) is 1.92. The van der Waals surface area contributed by atoms with Gasteiger partial charge in [0, 0.05) is 31.9 Å². The van der Waals surface area contributed by atoms with E-state index in [4.69, 9.17) is 5.11 Å². The highest BCUT2D eigenvalue weighted by atomic mass is 19.4. The maximum Gasteiger partial charge on any atom is 0.399 e. The molecule has 1 heterocycles. The monoisotopic (exact) mass is 333 g/mol. The summed E-state index contributed by atoms with van der Waals surface area (Å²) in [6.45, 7) is 1.31.